The Balaban J connectivity index is 2.44. The number of aromatic nitrogens is 4. The largest absolute Gasteiger partial charge is 0.453 e. The van der Waals surface area contributed by atoms with Gasteiger partial charge in [-0.15, -0.1) is 10.2 Å². The van der Waals surface area contributed by atoms with E-state index in [9.17, 15) is 13.2 Å². The third-order valence-electron chi connectivity index (χ3n) is 1.78. The van der Waals surface area contributed by atoms with Gasteiger partial charge in [0.05, 0.1) is 0 Å². The smallest absolute Gasteiger partial charge is 0.328 e. The number of hydrogen-bond acceptors (Lipinski definition) is 5. The average Bonchev–Trinajstić information content (AvgIpc) is 2.57. The molecule has 0 aromatic carbocycles. The Bertz CT molecular complexity index is 500. The van der Waals surface area contributed by atoms with Crippen molar-refractivity contribution in [3.05, 3.63) is 10.8 Å². The molecule has 0 saturated heterocycles. The molecule has 0 aliphatic carbocycles. The molecular weight excluding hydrogens is 243 g/mol. The highest BCUT2D eigenvalue weighted by atomic mass is 32.1. The number of alkyl halides is 3. The maximum atomic E-state index is 12.4. The van der Waals surface area contributed by atoms with E-state index in [0.29, 0.717) is 15.9 Å². The molecule has 88 valence electrons. The van der Waals surface area contributed by atoms with E-state index in [0.717, 1.165) is 11.3 Å². The summed E-state index contributed by atoms with van der Waals surface area (Å²) in [5.41, 5.74) is 5.54. The standard InChI is InChI=1S/C7H8F3N5S/c1-3(11)2-4-14-15-5(7(8,9)10)12-13-6(15)16-4/h3H,2,11H2,1H3. The van der Waals surface area contributed by atoms with Gasteiger partial charge in [-0.25, -0.2) is 0 Å². The van der Waals surface area contributed by atoms with Gasteiger partial charge in [-0.05, 0) is 6.92 Å². The number of hydrogen-bond donors (Lipinski definition) is 1. The van der Waals surface area contributed by atoms with Crippen LogP contribution in [0.1, 0.15) is 17.8 Å². The summed E-state index contributed by atoms with van der Waals surface area (Å²) in [6, 6.07) is -0.154. The fourth-order valence-electron chi connectivity index (χ4n) is 1.19. The molecule has 2 rings (SSSR count). The number of nitrogens with zero attached hydrogens (tertiary/aromatic N) is 4. The molecule has 5 nitrogen and oxygen atoms in total. The van der Waals surface area contributed by atoms with Crippen molar-refractivity contribution in [2.24, 2.45) is 5.73 Å². The lowest BCUT2D eigenvalue weighted by Crippen LogP contribution is -2.18. The van der Waals surface area contributed by atoms with Crippen LogP contribution >= 0.6 is 11.3 Å². The van der Waals surface area contributed by atoms with Gasteiger partial charge in [-0.3, -0.25) is 0 Å². The maximum Gasteiger partial charge on any atom is 0.453 e. The summed E-state index contributed by atoms with van der Waals surface area (Å²) in [7, 11) is 0. The van der Waals surface area contributed by atoms with Crippen molar-refractivity contribution in [3.63, 3.8) is 0 Å². The van der Waals surface area contributed by atoms with Crippen molar-refractivity contribution in [2.75, 3.05) is 0 Å². The molecule has 2 aromatic rings. The van der Waals surface area contributed by atoms with Crippen molar-refractivity contribution >= 4 is 16.3 Å². The lowest BCUT2D eigenvalue weighted by Gasteiger charge is -2.01. The van der Waals surface area contributed by atoms with Crippen LogP contribution in [0.3, 0.4) is 0 Å². The second kappa shape index (κ2) is 3.67. The minimum Gasteiger partial charge on any atom is -0.328 e. The number of nitrogens with two attached hydrogens (primary N) is 1. The van der Waals surface area contributed by atoms with Crippen LogP contribution in [0.25, 0.3) is 4.96 Å². The van der Waals surface area contributed by atoms with Crippen LogP contribution in [-0.2, 0) is 12.6 Å². The van der Waals surface area contributed by atoms with Crippen LogP contribution in [0.4, 0.5) is 13.2 Å². The Morgan fingerprint density at radius 3 is 2.69 bits per heavy atom. The zero-order chi connectivity index (χ0) is 11.9. The molecule has 16 heavy (non-hydrogen) atoms. The van der Waals surface area contributed by atoms with E-state index in [-0.39, 0.29) is 11.0 Å². The lowest BCUT2D eigenvalue weighted by molar-refractivity contribution is -0.146. The Labute approximate surface area is 92.1 Å². The first-order valence-corrected chi connectivity index (χ1v) is 5.23. The van der Waals surface area contributed by atoms with Crippen molar-refractivity contribution in [1.29, 1.82) is 0 Å². The quantitative estimate of drug-likeness (QED) is 0.867. The van der Waals surface area contributed by atoms with Gasteiger partial charge >= 0.3 is 6.18 Å². The maximum absolute atomic E-state index is 12.4. The van der Waals surface area contributed by atoms with Gasteiger partial charge < -0.3 is 5.73 Å². The fourth-order valence-corrected chi connectivity index (χ4v) is 2.17. The molecule has 0 amide bonds. The minimum atomic E-state index is -4.54. The Hall–Kier alpha value is -1.22. The minimum absolute atomic E-state index is 0.128. The summed E-state index contributed by atoms with van der Waals surface area (Å²) < 4.78 is 38.0. The van der Waals surface area contributed by atoms with Crippen LogP contribution in [0, 0.1) is 0 Å². The second-order valence-electron chi connectivity index (χ2n) is 3.39. The highest BCUT2D eigenvalue weighted by molar-refractivity contribution is 7.16. The van der Waals surface area contributed by atoms with Gasteiger partial charge in [0.15, 0.2) is 0 Å². The first kappa shape index (κ1) is 11.3. The Morgan fingerprint density at radius 1 is 1.44 bits per heavy atom. The number of rotatable bonds is 2. The van der Waals surface area contributed by atoms with Gasteiger partial charge in [0, 0.05) is 12.5 Å². The molecular formula is C7H8F3N5S. The predicted molar refractivity (Wildman–Crippen MR) is 51.0 cm³/mol. The summed E-state index contributed by atoms with van der Waals surface area (Å²) in [4.78, 5) is 0.128. The predicted octanol–water partition coefficient (Wildman–Crippen LogP) is 1.09. The first-order valence-electron chi connectivity index (χ1n) is 4.42. The van der Waals surface area contributed by atoms with Gasteiger partial charge in [0.2, 0.25) is 4.96 Å². The summed E-state index contributed by atoms with van der Waals surface area (Å²) in [6.07, 6.45) is -4.12. The van der Waals surface area contributed by atoms with Gasteiger partial charge in [-0.2, -0.15) is 22.8 Å². The molecule has 0 aliphatic rings. The molecule has 0 saturated carbocycles. The van der Waals surface area contributed by atoms with Crippen LogP contribution in [0.2, 0.25) is 0 Å². The average molecular weight is 251 g/mol. The zero-order valence-electron chi connectivity index (χ0n) is 8.19. The Morgan fingerprint density at radius 2 is 2.12 bits per heavy atom. The highest BCUT2D eigenvalue weighted by Crippen LogP contribution is 2.29. The zero-order valence-corrected chi connectivity index (χ0v) is 9.01. The van der Waals surface area contributed by atoms with Gasteiger partial charge in [0.25, 0.3) is 5.82 Å². The van der Waals surface area contributed by atoms with E-state index in [2.05, 4.69) is 15.3 Å². The summed E-state index contributed by atoms with van der Waals surface area (Å²) in [6.45, 7) is 1.76. The van der Waals surface area contributed by atoms with E-state index in [4.69, 9.17) is 5.73 Å². The lowest BCUT2D eigenvalue weighted by atomic mass is 10.3. The molecule has 0 fully saturated rings. The van der Waals surface area contributed by atoms with Crippen molar-refractivity contribution in [2.45, 2.75) is 25.6 Å². The molecule has 0 aliphatic heterocycles. The SMILES string of the molecule is CC(N)Cc1nn2c(C(F)(F)F)nnc2s1. The van der Waals surface area contributed by atoms with Gasteiger partial charge in [0.1, 0.15) is 5.01 Å². The molecule has 1 atom stereocenters. The topological polar surface area (TPSA) is 69.1 Å². The molecule has 0 bridgehead atoms. The van der Waals surface area contributed by atoms with Crippen LogP contribution in [0.15, 0.2) is 0 Å². The number of halogens is 3. The molecule has 9 heteroatoms. The Kier molecular flexibility index (Phi) is 2.58. The van der Waals surface area contributed by atoms with Crippen molar-refractivity contribution in [1.82, 2.24) is 19.8 Å². The van der Waals surface area contributed by atoms with Crippen molar-refractivity contribution < 1.29 is 13.2 Å². The third-order valence-corrected chi connectivity index (χ3v) is 2.70. The van der Waals surface area contributed by atoms with Crippen molar-refractivity contribution in [3.8, 4) is 0 Å². The van der Waals surface area contributed by atoms with Crippen LogP contribution in [-0.4, -0.2) is 25.9 Å². The van der Waals surface area contributed by atoms with E-state index in [1.54, 1.807) is 6.92 Å². The molecule has 2 aromatic heterocycles. The van der Waals surface area contributed by atoms with Gasteiger partial charge in [-0.1, -0.05) is 11.3 Å². The molecule has 0 spiro atoms. The first-order chi connectivity index (χ1) is 7.38. The monoisotopic (exact) mass is 251 g/mol. The summed E-state index contributed by atoms with van der Waals surface area (Å²) >= 11 is 1.06. The van der Waals surface area contributed by atoms with Crippen LogP contribution in [0.5, 0.6) is 0 Å². The normalized spacial score (nSPS) is 14.6. The molecule has 2 heterocycles. The molecule has 0 radical (unpaired) electrons. The number of fused-ring (bicyclic) bond motifs is 1. The third kappa shape index (κ3) is 2.00. The van der Waals surface area contributed by atoms with E-state index < -0.39 is 12.0 Å². The second-order valence-corrected chi connectivity index (χ2v) is 4.43. The molecule has 2 N–H and O–H groups in total. The van der Waals surface area contributed by atoms with Crippen LogP contribution < -0.4 is 5.73 Å². The fraction of sp³-hybridized carbons (Fsp3) is 0.571. The molecule has 1 unspecified atom stereocenters. The highest BCUT2D eigenvalue weighted by Gasteiger charge is 2.38. The summed E-state index contributed by atoms with van der Waals surface area (Å²) in [5.74, 6) is -1.10. The van der Waals surface area contributed by atoms with E-state index in [1.807, 2.05) is 0 Å². The summed E-state index contributed by atoms with van der Waals surface area (Å²) in [5, 5.41) is 10.8. The van der Waals surface area contributed by atoms with E-state index >= 15 is 0 Å². The van der Waals surface area contributed by atoms with E-state index in [1.165, 1.54) is 0 Å².